The summed E-state index contributed by atoms with van der Waals surface area (Å²) in [4.78, 5) is 11.3. The van der Waals surface area contributed by atoms with Crippen LogP contribution in [-0.2, 0) is 6.54 Å². The number of aromatic amines is 1. The average molecular weight is 226 g/mol. The van der Waals surface area contributed by atoms with Gasteiger partial charge in [-0.05, 0) is 13.3 Å². The van der Waals surface area contributed by atoms with Crippen molar-refractivity contribution in [1.29, 1.82) is 5.26 Å². The highest BCUT2D eigenvalue weighted by atomic mass is 32.2. The minimum atomic E-state index is -0.177. The number of aromatic nitrogens is 3. The smallest absolute Gasteiger partial charge is 0.270 e. The summed E-state index contributed by atoms with van der Waals surface area (Å²) in [5, 5.41) is 15.6. The third-order valence-electron chi connectivity index (χ3n) is 1.85. The van der Waals surface area contributed by atoms with Gasteiger partial charge >= 0.3 is 5.69 Å². The first kappa shape index (κ1) is 11.9. The van der Waals surface area contributed by atoms with Crippen molar-refractivity contribution >= 4 is 11.8 Å². The molecule has 0 radical (unpaired) electrons. The van der Waals surface area contributed by atoms with Crippen LogP contribution in [0.1, 0.15) is 20.3 Å². The van der Waals surface area contributed by atoms with Crippen LogP contribution in [-0.4, -0.2) is 20.5 Å². The zero-order valence-electron chi connectivity index (χ0n) is 8.86. The summed E-state index contributed by atoms with van der Waals surface area (Å²) in [5.41, 5.74) is -0.177. The number of H-pyrrole nitrogens is 1. The molecule has 1 atom stereocenters. The fourth-order valence-electron chi connectivity index (χ4n) is 1.07. The van der Waals surface area contributed by atoms with Gasteiger partial charge in [0.25, 0.3) is 0 Å². The second kappa shape index (κ2) is 5.61. The van der Waals surface area contributed by atoms with E-state index < -0.39 is 0 Å². The van der Waals surface area contributed by atoms with Crippen LogP contribution < -0.4 is 5.69 Å². The van der Waals surface area contributed by atoms with Gasteiger partial charge < -0.3 is 0 Å². The SMILES string of the molecule is CCCn1c(SCC(C)C#N)n[nH]c1=O. The Hall–Kier alpha value is -1.22. The van der Waals surface area contributed by atoms with Crippen molar-refractivity contribution in [2.45, 2.75) is 32.0 Å². The van der Waals surface area contributed by atoms with Crippen LogP contribution in [0, 0.1) is 17.2 Å². The van der Waals surface area contributed by atoms with Crippen LogP contribution in [0.2, 0.25) is 0 Å². The highest BCUT2D eigenvalue weighted by Gasteiger charge is 2.09. The van der Waals surface area contributed by atoms with E-state index in [0.717, 1.165) is 6.42 Å². The molecule has 0 aromatic carbocycles. The van der Waals surface area contributed by atoms with Gasteiger partial charge in [0.2, 0.25) is 0 Å². The third-order valence-corrected chi connectivity index (χ3v) is 3.09. The Morgan fingerprint density at radius 1 is 1.73 bits per heavy atom. The normalized spacial score (nSPS) is 12.3. The number of hydrogen-bond donors (Lipinski definition) is 1. The van der Waals surface area contributed by atoms with Crippen LogP contribution in [0.4, 0.5) is 0 Å². The Morgan fingerprint density at radius 2 is 2.47 bits per heavy atom. The van der Waals surface area contributed by atoms with Gasteiger partial charge in [-0.3, -0.25) is 4.57 Å². The molecular formula is C9H14N4OS. The molecule has 1 aromatic rings. The largest absolute Gasteiger partial charge is 0.343 e. The Kier molecular flexibility index (Phi) is 4.43. The number of rotatable bonds is 5. The summed E-state index contributed by atoms with van der Waals surface area (Å²) in [7, 11) is 0. The summed E-state index contributed by atoms with van der Waals surface area (Å²) in [5.74, 6) is 0.627. The Labute approximate surface area is 92.5 Å². The summed E-state index contributed by atoms with van der Waals surface area (Å²) < 4.78 is 1.61. The molecule has 0 aliphatic heterocycles. The molecule has 0 amide bonds. The molecule has 15 heavy (non-hydrogen) atoms. The van der Waals surface area contributed by atoms with Crippen molar-refractivity contribution in [3.05, 3.63) is 10.5 Å². The molecule has 0 spiro atoms. The van der Waals surface area contributed by atoms with Crippen molar-refractivity contribution in [2.24, 2.45) is 5.92 Å². The predicted octanol–water partition coefficient (Wildman–Crippen LogP) is 1.23. The highest BCUT2D eigenvalue weighted by Crippen LogP contribution is 2.16. The van der Waals surface area contributed by atoms with E-state index in [2.05, 4.69) is 16.3 Å². The quantitative estimate of drug-likeness (QED) is 0.766. The topological polar surface area (TPSA) is 74.5 Å². The first-order chi connectivity index (χ1) is 7.19. The van der Waals surface area contributed by atoms with E-state index in [1.165, 1.54) is 11.8 Å². The van der Waals surface area contributed by atoms with E-state index in [1.54, 1.807) is 4.57 Å². The number of nitriles is 1. The van der Waals surface area contributed by atoms with E-state index in [-0.39, 0.29) is 11.6 Å². The molecule has 1 heterocycles. The van der Waals surface area contributed by atoms with Gasteiger partial charge in [0, 0.05) is 12.3 Å². The van der Waals surface area contributed by atoms with Crippen LogP contribution in [0.25, 0.3) is 0 Å². The zero-order valence-corrected chi connectivity index (χ0v) is 9.67. The molecule has 0 saturated heterocycles. The zero-order chi connectivity index (χ0) is 11.3. The summed E-state index contributed by atoms with van der Waals surface area (Å²) in [6.45, 7) is 4.52. The molecule has 0 saturated carbocycles. The minimum absolute atomic E-state index is 0.0307. The fraction of sp³-hybridized carbons (Fsp3) is 0.667. The van der Waals surface area contributed by atoms with Crippen molar-refractivity contribution in [3.63, 3.8) is 0 Å². The lowest BCUT2D eigenvalue weighted by molar-refractivity contribution is 0.603. The van der Waals surface area contributed by atoms with Gasteiger partial charge in [-0.25, -0.2) is 9.89 Å². The van der Waals surface area contributed by atoms with Crippen LogP contribution in [0.15, 0.2) is 9.95 Å². The molecule has 1 unspecified atom stereocenters. The second-order valence-corrected chi connectivity index (χ2v) is 4.29. The standard InChI is InChI=1S/C9H14N4OS/c1-3-4-13-8(14)11-12-9(13)15-6-7(2)5-10/h7H,3-4,6H2,1-2H3,(H,11,14). The predicted molar refractivity (Wildman–Crippen MR) is 58.6 cm³/mol. The fourth-order valence-corrected chi connectivity index (χ4v) is 1.98. The van der Waals surface area contributed by atoms with Gasteiger partial charge in [0.1, 0.15) is 0 Å². The average Bonchev–Trinajstić information content (AvgIpc) is 2.58. The van der Waals surface area contributed by atoms with Gasteiger partial charge in [0.15, 0.2) is 5.16 Å². The molecule has 82 valence electrons. The first-order valence-electron chi connectivity index (χ1n) is 4.86. The van der Waals surface area contributed by atoms with Crippen molar-refractivity contribution in [3.8, 4) is 6.07 Å². The molecule has 1 N–H and O–H groups in total. The summed E-state index contributed by atoms with van der Waals surface area (Å²) in [6, 6.07) is 2.15. The number of nitrogens with one attached hydrogen (secondary N) is 1. The van der Waals surface area contributed by atoms with Gasteiger partial charge in [-0.15, -0.1) is 5.10 Å². The Balaban J connectivity index is 2.69. The van der Waals surface area contributed by atoms with E-state index in [1.807, 2.05) is 13.8 Å². The molecule has 0 bridgehead atoms. The second-order valence-electron chi connectivity index (χ2n) is 3.30. The number of hydrogen-bond acceptors (Lipinski definition) is 4. The number of nitrogens with zero attached hydrogens (tertiary/aromatic N) is 3. The monoisotopic (exact) mass is 226 g/mol. The third kappa shape index (κ3) is 3.13. The maximum Gasteiger partial charge on any atom is 0.343 e. The van der Waals surface area contributed by atoms with E-state index in [4.69, 9.17) is 5.26 Å². The molecule has 0 aliphatic carbocycles. The Morgan fingerprint density at radius 3 is 3.07 bits per heavy atom. The van der Waals surface area contributed by atoms with Crippen LogP contribution >= 0.6 is 11.8 Å². The maximum absolute atomic E-state index is 11.3. The lowest BCUT2D eigenvalue weighted by Crippen LogP contribution is -2.17. The van der Waals surface area contributed by atoms with Gasteiger partial charge in [-0.2, -0.15) is 5.26 Å². The van der Waals surface area contributed by atoms with Crippen molar-refractivity contribution in [1.82, 2.24) is 14.8 Å². The highest BCUT2D eigenvalue weighted by molar-refractivity contribution is 7.99. The van der Waals surface area contributed by atoms with Crippen LogP contribution in [0.5, 0.6) is 0 Å². The molecule has 1 rings (SSSR count). The molecule has 0 aliphatic rings. The lowest BCUT2D eigenvalue weighted by Gasteiger charge is -2.03. The van der Waals surface area contributed by atoms with Gasteiger partial charge in [-0.1, -0.05) is 18.7 Å². The van der Waals surface area contributed by atoms with Crippen LogP contribution in [0.3, 0.4) is 0 Å². The number of thioether (sulfide) groups is 1. The lowest BCUT2D eigenvalue weighted by atomic mass is 10.3. The van der Waals surface area contributed by atoms with E-state index >= 15 is 0 Å². The molecule has 1 aromatic heterocycles. The molecular weight excluding hydrogens is 212 g/mol. The van der Waals surface area contributed by atoms with E-state index in [9.17, 15) is 4.79 Å². The van der Waals surface area contributed by atoms with Crippen molar-refractivity contribution < 1.29 is 0 Å². The summed E-state index contributed by atoms with van der Waals surface area (Å²) >= 11 is 1.44. The molecule has 6 heteroatoms. The van der Waals surface area contributed by atoms with E-state index in [0.29, 0.717) is 17.5 Å². The first-order valence-corrected chi connectivity index (χ1v) is 5.85. The maximum atomic E-state index is 11.3. The minimum Gasteiger partial charge on any atom is -0.270 e. The summed E-state index contributed by atoms with van der Waals surface area (Å²) in [6.07, 6.45) is 0.890. The molecule has 0 fully saturated rings. The van der Waals surface area contributed by atoms with Crippen molar-refractivity contribution in [2.75, 3.05) is 5.75 Å². The molecule has 5 nitrogen and oxygen atoms in total. The van der Waals surface area contributed by atoms with Gasteiger partial charge in [0.05, 0.1) is 12.0 Å². The Bertz CT molecular complexity index is 403.